The molecule has 4 rings (SSSR count). The lowest BCUT2D eigenvalue weighted by Crippen LogP contribution is -2.35. The van der Waals surface area contributed by atoms with Crippen LogP contribution in [0.15, 0.2) is 60.5 Å². The number of aliphatic hydroxyl groups is 1. The van der Waals surface area contributed by atoms with Crippen LogP contribution in [-0.4, -0.2) is 35.2 Å². The van der Waals surface area contributed by atoms with Gasteiger partial charge in [-0.3, -0.25) is 9.78 Å². The highest BCUT2D eigenvalue weighted by molar-refractivity contribution is 5.95. The number of carbonyl (C=O) groups is 1. The maximum Gasteiger partial charge on any atom is 0.274 e. The zero-order chi connectivity index (χ0) is 26.5. The van der Waals surface area contributed by atoms with E-state index in [0.717, 1.165) is 65.6 Å². The Morgan fingerprint density at radius 3 is 2.68 bits per heavy atom. The predicted octanol–water partition coefficient (Wildman–Crippen LogP) is 5.61. The number of aromatic nitrogens is 1. The molecule has 0 spiro atoms. The van der Waals surface area contributed by atoms with Gasteiger partial charge < -0.3 is 21.1 Å². The molecule has 6 nitrogen and oxygen atoms in total. The molecule has 0 saturated heterocycles. The molecule has 1 amide bonds. The lowest BCUT2D eigenvalue weighted by Gasteiger charge is -2.19. The number of nitrogens with one attached hydrogen (secondary N) is 3. The first-order valence-electron chi connectivity index (χ1n) is 13.4. The minimum Gasteiger partial charge on any atom is -0.392 e. The van der Waals surface area contributed by atoms with Crippen molar-refractivity contribution in [3.63, 3.8) is 0 Å². The average molecular weight is 501 g/mol. The molecule has 2 saturated carbocycles. The number of rotatable bonds is 10. The second-order valence-electron chi connectivity index (χ2n) is 10.2. The average Bonchev–Trinajstić information content (AvgIpc) is 3.67. The molecule has 2 aromatic rings. The van der Waals surface area contributed by atoms with Crippen molar-refractivity contribution in [1.29, 1.82) is 0 Å². The van der Waals surface area contributed by atoms with Crippen molar-refractivity contribution in [3.8, 4) is 0 Å². The van der Waals surface area contributed by atoms with Crippen LogP contribution in [0.25, 0.3) is 5.57 Å². The summed E-state index contributed by atoms with van der Waals surface area (Å²) in [6, 6.07) is 8.24. The molecule has 6 heteroatoms. The molecule has 196 valence electrons. The van der Waals surface area contributed by atoms with Gasteiger partial charge in [-0.25, -0.2) is 0 Å². The third kappa shape index (κ3) is 6.20. The van der Waals surface area contributed by atoms with Gasteiger partial charge in [0, 0.05) is 37.2 Å². The van der Waals surface area contributed by atoms with Crippen LogP contribution in [0.4, 0.5) is 5.69 Å². The van der Waals surface area contributed by atoms with E-state index in [1.54, 1.807) is 0 Å². The minimum absolute atomic E-state index is 0.136. The van der Waals surface area contributed by atoms with E-state index in [0.29, 0.717) is 23.9 Å². The highest BCUT2D eigenvalue weighted by Crippen LogP contribution is 2.42. The number of amides is 1. The fourth-order valence-corrected chi connectivity index (χ4v) is 5.20. The van der Waals surface area contributed by atoms with Crippen LogP contribution < -0.4 is 16.0 Å². The van der Waals surface area contributed by atoms with Crippen LogP contribution in [0, 0.1) is 6.92 Å². The van der Waals surface area contributed by atoms with Gasteiger partial charge in [-0.2, -0.15) is 0 Å². The number of nitrogens with zero attached hydrogens (tertiary/aromatic N) is 1. The van der Waals surface area contributed by atoms with Crippen molar-refractivity contribution in [3.05, 3.63) is 88.4 Å². The highest BCUT2D eigenvalue weighted by Gasteiger charge is 2.29. The van der Waals surface area contributed by atoms with Crippen molar-refractivity contribution in [2.45, 2.75) is 77.5 Å². The number of hydrogen-bond acceptors (Lipinski definition) is 5. The molecule has 2 aliphatic carbocycles. The van der Waals surface area contributed by atoms with Crippen molar-refractivity contribution < 1.29 is 9.90 Å². The zero-order valence-electron chi connectivity index (χ0n) is 22.5. The Kier molecular flexibility index (Phi) is 8.62. The van der Waals surface area contributed by atoms with Crippen LogP contribution in [0.2, 0.25) is 0 Å². The van der Waals surface area contributed by atoms with E-state index in [9.17, 15) is 9.90 Å². The van der Waals surface area contributed by atoms with Gasteiger partial charge in [0.1, 0.15) is 5.69 Å². The molecule has 4 N–H and O–H groups in total. The summed E-state index contributed by atoms with van der Waals surface area (Å²) in [7, 11) is 1.92. The van der Waals surface area contributed by atoms with Crippen molar-refractivity contribution >= 4 is 17.2 Å². The standard InChI is InChI=1S/C31H40N4O2/c1-6-9-24(25-10-7-11-27(32-5)20(25)3)19(2)21(4)35-31(37)29-16-26(22-14-15-22)23(18-34-29)17-33-28-12-8-13-30(28)36/h6-7,9-11,16,18,22,28,30,32-33,36H,4,8,12-15,17H2,1-3,5H3,(H,35,37)/b9-6-,24-19+/t28-,30+/m0/s1. The first-order valence-corrected chi connectivity index (χ1v) is 13.4. The molecule has 2 atom stereocenters. The molecule has 2 aliphatic rings. The fourth-order valence-electron chi connectivity index (χ4n) is 5.20. The first-order chi connectivity index (χ1) is 17.8. The quantitative estimate of drug-likeness (QED) is 0.319. The summed E-state index contributed by atoms with van der Waals surface area (Å²) in [5.74, 6) is 0.228. The molecular formula is C31H40N4O2. The van der Waals surface area contributed by atoms with E-state index < -0.39 is 0 Å². The van der Waals surface area contributed by atoms with Crippen LogP contribution >= 0.6 is 0 Å². The lowest BCUT2D eigenvalue weighted by molar-refractivity contribution is 0.0961. The largest absolute Gasteiger partial charge is 0.392 e. The number of allylic oxidation sites excluding steroid dienone is 4. The summed E-state index contributed by atoms with van der Waals surface area (Å²) < 4.78 is 0. The predicted molar refractivity (Wildman–Crippen MR) is 151 cm³/mol. The first kappa shape index (κ1) is 26.8. The smallest absolute Gasteiger partial charge is 0.274 e. The summed E-state index contributed by atoms with van der Waals surface area (Å²) in [6.45, 7) is 10.9. The van der Waals surface area contributed by atoms with E-state index in [-0.39, 0.29) is 18.1 Å². The van der Waals surface area contributed by atoms with Gasteiger partial charge in [0.2, 0.25) is 0 Å². The number of anilines is 1. The normalized spacial score (nSPS) is 20.1. The Balaban J connectivity index is 1.52. The van der Waals surface area contributed by atoms with E-state index in [1.165, 1.54) is 5.56 Å². The molecule has 1 heterocycles. The fraction of sp³-hybridized carbons (Fsp3) is 0.419. The van der Waals surface area contributed by atoms with E-state index in [1.807, 2.05) is 45.3 Å². The van der Waals surface area contributed by atoms with Crippen molar-refractivity contribution in [2.75, 3.05) is 12.4 Å². The monoisotopic (exact) mass is 500 g/mol. The number of benzene rings is 1. The summed E-state index contributed by atoms with van der Waals surface area (Å²) in [5.41, 5.74) is 8.49. The summed E-state index contributed by atoms with van der Waals surface area (Å²) in [5, 5.41) is 19.9. The number of carbonyl (C=O) groups excluding carboxylic acids is 1. The van der Waals surface area contributed by atoms with E-state index in [4.69, 9.17) is 0 Å². The molecule has 0 aliphatic heterocycles. The SMILES string of the molecule is C=C(NC(=O)c1cc(C2CC2)c(CN[C@H]2CCC[C@H]2O)cn1)/C(C)=C(\C=C/C)c1cccc(NC)c1C. The summed E-state index contributed by atoms with van der Waals surface area (Å²) >= 11 is 0. The van der Waals surface area contributed by atoms with Crippen LogP contribution in [0.5, 0.6) is 0 Å². The topological polar surface area (TPSA) is 86.3 Å². The Bertz CT molecular complexity index is 1230. The highest BCUT2D eigenvalue weighted by atomic mass is 16.3. The van der Waals surface area contributed by atoms with E-state index >= 15 is 0 Å². The third-order valence-corrected chi connectivity index (χ3v) is 7.65. The molecule has 1 aromatic heterocycles. The summed E-state index contributed by atoms with van der Waals surface area (Å²) in [4.78, 5) is 17.7. The number of aliphatic hydroxyl groups excluding tert-OH is 1. The van der Waals surface area contributed by atoms with Gasteiger partial charge in [-0.05, 0) is 104 Å². The third-order valence-electron chi connectivity index (χ3n) is 7.65. The van der Waals surface area contributed by atoms with E-state index in [2.05, 4.69) is 52.6 Å². The van der Waals surface area contributed by atoms with Crippen LogP contribution in [-0.2, 0) is 6.54 Å². The number of hydrogen-bond donors (Lipinski definition) is 4. The molecule has 37 heavy (non-hydrogen) atoms. The minimum atomic E-state index is -0.276. The van der Waals surface area contributed by atoms with Gasteiger partial charge in [0.05, 0.1) is 6.10 Å². The maximum absolute atomic E-state index is 13.2. The maximum atomic E-state index is 13.2. The zero-order valence-corrected chi connectivity index (χ0v) is 22.5. The van der Waals surface area contributed by atoms with Crippen molar-refractivity contribution in [1.82, 2.24) is 15.6 Å². The lowest BCUT2D eigenvalue weighted by atomic mass is 9.94. The Morgan fingerprint density at radius 2 is 2.03 bits per heavy atom. The Morgan fingerprint density at radius 1 is 1.24 bits per heavy atom. The Labute approximate surface area is 221 Å². The van der Waals surface area contributed by atoms with Crippen LogP contribution in [0.1, 0.15) is 84.6 Å². The molecule has 2 fully saturated rings. The van der Waals surface area contributed by atoms with Gasteiger partial charge in [0.15, 0.2) is 0 Å². The van der Waals surface area contributed by atoms with Gasteiger partial charge in [-0.15, -0.1) is 0 Å². The molecule has 0 unspecified atom stereocenters. The Hall–Kier alpha value is -3.22. The van der Waals surface area contributed by atoms with Gasteiger partial charge >= 0.3 is 0 Å². The molecular weight excluding hydrogens is 460 g/mol. The van der Waals surface area contributed by atoms with Crippen LogP contribution in [0.3, 0.4) is 0 Å². The van der Waals surface area contributed by atoms with Crippen molar-refractivity contribution in [2.24, 2.45) is 0 Å². The number of pyridine rings is 1. The summed E-state index contributed by atoms with van der Waals surface area (Å²) in [6.07, 6.45) is 10.8. The molecule has 0 bridgehead atoms. The molecule has 0 radical (unpaired) electrons. The van der Waals surface area contributed by atoms with Gasteiger partial charge in [0.25, 0.3) is 5.91 Å². The molecule has 1 aromatic carbocycles. The second kappa shape index (κ2) is 11.9. The second-order valence-corrected chi connectivity index (χ2v) is 10.2. The van der Waals surface area contributed by atoms with Gasteiger partial charge in [-0.1, -0.05) is 30.9 Å².